The Kier molecular flexibility index (Phi) is 5.32. The van der Waals surface area contributed by atoms with E-state index in [2.05, 4.69) is 26.7 Å². The van der Waals surface area contributed by atoms with Crippen LogP contribution in [0.25, 0.3) is 0 Å². The van der Waals surface area contributed by atoms with E-state index in [1.807, 2.05) is 0 Å². The van der Waals surface area contributed by atoms with Gasteiger partial charge < -0.3 is 10.6 Å². The molecule has 3 rings (SSSR count). The van der Waals surface area contributed by atoms with Crippen molar-refractivity contribution in [3.05, 3.63) is 76.0 Å². The van der Waals surface area contributed by atoms with E-state index in [1.165, 1.54) is 18.3 Å². The van der Waals surface area contributed by atoms with Crippen LogP contribution in [-0.2, 0) is 0 Å². The summed E-state index contributed by atoms with van der Waals surface area (Å²) in [6.45, 7) is 0. The molecule has 128 valence electrons. The number of nitrogens with zero attached hydrogens (tertiary/aromatic N) is 3. The first-order valence-electron chi connectivity index (χ1n) is 7.42. The second-order valence-corrected chi connectivity index (χ2v) is 6.01. The molecule has 2 aromatic carbocycles. The molecule has 0 spiro atoms. The fraction of sp³-hybridized carbons (Fsp3) is 0. The van der Waals surface area contributed by atoms with E-state index in [4.69, 9.17) is 28.5 Å². The number of anilines is 3. The van der Waals surface area contributed by atoms with Crippen molar-refractivity contribution in [2.75, 3.05) is 10.6 Å². The second kappa shape index (κ2) is 7.83. The van der Waals surface area contributed by atoms with Crippen molar-refractivity contribution in [3.8, 4) is 6.07 Å². The van der Waals surface area contributed by atoms with Crippen LogP contribution in [0.3, 0.4) is 0 Å². The molecule has 1 amide bonds. The highest BCUT2D eigenvalue weighted by Gasteiger charge is 2.11. The summed E-state index contributed by atoms with van der Waals surface area (Å²) in [6, 6.07) is 15.1. The lowest BCUT2D eigenvalue weighted by Gasteiger charge is -2.09. The predicted molar refractivity (Wildman–Crippen MR) is 101 cm³/mol. The van der Waals surface area contributed by atoms with Crippen molar-refractivity contribution in [1.29, 1.82) is 5.26 Å². The van der Waals surface area contributed by atoms with Crippen molar-refractivity contribution < 1.29 is 4.79 Å². The zero-order chi connectivity index (χ0) is 18.5. The van der Waals surface area contributed by atoms with E-state index >= 15 is 0 Å². The highest BCUT2D eigenvalue weighted by molar-refractivity contribution is 6.36. The molecule has 0 saturated heterocycles. The molecule has 26 heavy (non-hydrogen) atoms. The first-order valence-corrected chi connectivity index (χ1v) is 8.17. The number of benzene rings is 2. The Morgan fingerprint density at radius 1 is 1.12 bits per heavy atom. The number of nitrogens with one attached hydrogen (secondary N) is 2. The van der Waals surface area contributed by atoms with Crippen molar-refractivity contribution >= 4 is 46.4 Å². The van der Waals surface area contributed by atoms with Crippen LogP contribution < -0.4 is 10.6 Å². The van der Waals surface area contributed by atoms with Gasteiger partial charge in [-0.2, -0.15) is 5.26 Å². The van der Waals surface area contributed by atoms with Crippen molar-refractivity contribution in [2.45, 2.75) is 0 Å². The Labute approximate surface area is 159 Å². The van der Waals surface area contributed by atoms with Gasteiger partial charge in [-0.25, -0.2) is 9.97 Å². The van der Waals surface area contributed by atoms with Gasteiger partial charge in [0.05, 0.1) is 22.3 Å². The van der Waals surface area contributed by atoms with E-state index in [1.54, 1.807) is 36.4 Å². The fourth-order valence-corrected chi connectivity index (χ4v) is 2.57. The summed E-state index contributed by atoms with van der Waals surface area (Å²) in [7, 11) is 0. The number of rotatable bonds is 4. The normalized spacial score (nSPS) is 10.0. The Morgan fingerprint density at radius 3 is 2.73 bits per heavy atom. The lowest BCUT2D eigenvalue weighted by Crippen LogP contribution is -2.15. The molecule has 3 aromatic rings. The molecular weight excluding hydrogens is 373 g/mol. The van der Waals surface area contributed by atoms with Crippen LogP contribution in [0, 0.1) is 11.3 Å². The van der Waals surface area contributed by atoms with Crippen LogP contribution in [-0.4, -0.2) is 15.9 Å². The monoisotopic (exact) mass is 383 g/mol. The van der Waals surface area contributed by atoms with Gasteiger partial charge in [-0.15, -0.1) is 0 Å². The molecule has 0 aliphatic carbocycles. The largest absolute Gasteiger partial charge is 0.324 e. The minimum absolute atomic E-state index is 0.157. The van der Waals surface area contributed by atoms with Gasteiger partial charge in [0.25, 0.3) is 5.91 Å². The number of aromatic nitrogens is 2. The molecule has 6 nitrogen and oxygen atoms in total. The molecule has 0 saturated carbocycles. The number of halogens is 2. The summed E-state index contributed by atoms with van der Waals surface area (Å²) in [4.78, 5) is 20.7. The van der Waals surface area contributed by atoms with Crippen LogP contribution >= 0.6 is 23.2 Å². The number of carbonyl (C=O) groups excluding carboxylic acids is 1. The molecule has 0 radical (unpaired) electrons. The Hall–Kier alpha value is -3.14. The molecule has 0 aliphatic rings. The molecule has 0 unspecified atom stereocenters. The van der Waals surface area contributed by atoms with Gasteiger partial charge in [0, 0.05) is 16.9 Å². The molecule has 1 heterocycles. The van der Waals surface area contributed by atoms with E-state index in [0.717, 1.165) is 0 Å². The van der Waals surface area contributed by atoms with Gasteiger partial charge in [-0.05, 0) is 42.5 Å². The average molecular weight is 384 g/mol. The van der Waals surface area contributed by atoms with Gasteiger partial charge in [0.2, 0.25) is 5.95 Å². The first-order chi connectivity index (χ1) is 12.5. The molecule has 1 aromatic heterocycles. The smallest absolute Gasteiger partial charge is 0.274 e. The fourth-order valence-electron chi connectivity index (χ4n) is 2.12. The van der Waals surface area contributed by atoms with Gasteiger partial charge in [-0.1, -0.05) is 29.3 Å². The highest BCUT2D eigenvalue weighted by Crippen LogP contribution is 2.25. The van der Waals surface area contributed by atoms with Crippen LogP contribution in [0.5, 0.6) is 0 Å². The van der Waals surface area contributed by atoms with E-state index in [-0.39, 0.29) is 11.6 Å². The molecule has 2 N–H and O–H groups in total. The molecule has 8 heteroatoms. The molecule has 0 bridgehead atoms. The van der Waals surface area contributed by atoms with Crippen LogP contribution in [0.2, 0.25) is 10.0 Å². The summed E-state index contributed by atoms with van der Waals surface area (Å²) in [5.41, 5.74) is 1.73. The zero-order valence-corrected chi connectivity index (χ0v) is 14.7. The third-order valence-corrected chi connectivity index (χ3v) is 3.86. The minimum atomic E-state index is -0.439. The summed E-state index contributed by atoms with van der Waals surface area (Å²) >= 11 is 11.9. The SMILES string of the molecule is N#Cc1cccc(Nc2nccc(C(=O)Nc3ccc(Cl)cc3Cl)n2)c1. The molecule has 0 fully saturated rings. The number of carbonyl (C=O) groups is 1. The molecular formula is C18H11Cl2N5O. The van der Waals surface area contributed by atoms with E-state index in [9.17, 15) is 4.79 Å². The molecule has 0 atom stereocenters. The Morgan fingerprint density at radius 2 is 1.96 bits per heavy atom. The lowest BCUT2D eigenvalue weighted by atomic mass is 10.2. The van der Waals surface area contributed by atoms with Crippen molar-refractivity contribution in [1.82, 2.24) is 9.97 Å². The standard InChI is InChI=1S/C18H11Cl2N5O/c19-12-4-5-15(14(20)9-12)24-17(26)16-6-7-22-18(25-16)23-13-3-1-2-11(8-13)10-21/h1-9H,(H,24,26)(H,22,23,25). The van der Waals surface area contributed by atoms with Gasteiger partial charge in [0.15, 0.2) is 0 Å². The topological polar surface area (TPSA) is 90.7 Å². The maximum Gasteiger partial charge on any atom is 0.274 e. The van der Waals surface area contributed by atoms with Crippen LogP contribution in [0.1, 0.15) is 16.1 Å². The van der Waals surface area contributed by atoms with Crippen LogP contribution in [0.15, 0.2) is 54.7 Å². The second-order valence-electron chi connectivity index (χ2n) is 5.16. The lowest BCUT2D eigenvalue weighted by molar-refractivity contribution is 0.102. The number of amides is 1. The zero-order valence-electron chi connectivity index (χ0n) is 13.2. The van der Waals surface area contributed by atoms with Gasteiger partial charge in [-0.3, -0.25) is 4.79 Å². The van der Waals surface area contributed by atoms with Gasteiger partial charge in [0.1, 0.15) is 5.69 Å². The average Bonchev–Trinajstić information content (AvgIpc) is 2.64. The predicted octanol–water partition coefficient (Wildman–Crippen LogP) is 4.65. The number of nitriles is 1. The summed E-state index contributed by atoms with van der Waals surface area (Å²) in [6.07, 6.45) is 1.46. The summed E-state index contributed by atoms with van der Waals surface area (Å²) < 4.78 is 0. The maximum atomic E-state index is 12.4. The van der Waals surface area contributed by atoms with Gasteiger partial charge >= 0.3 is 0 Å². The van der Waals surface area contributed by atoms with E-state index in [0.29, 0.717) is 27.0 Å². The number of hydrogen-bond acceptors (Lipinski definition) is 5. The van der Waals surface area contributed by atoms with Crippen molar-refractivity contribution in [3.63, 3.8) is 0 Å². The Balaban J connectivity index is 1.78. The molecule has 0 aliphatic heterocycles. The van der Waals surface area contributed by atoms with E-state index < -0.39 is 5.91 Å². The summed E-state index contributed by atoms with van der Waals surface area (Å²) in [5.74, 6) is -0.208. The highest BCUT2D eigenvalue weighted by atomic mass is 35.5. The third-order valence-electron chi connectivity index (χ3n) is 3.32. The Bertz CT molecular complexity index is 1020. The number of hydrogen-bond donors (Lipinski definition) is 2. The minimum Gasteiger partial charge on any atom is -0.324 e. The third kappa shape index (κ3) is 4.28. The maximum absolute atomic E-state index is 12.4. The van der Waals surface area contributed by atoms with Crippen molar-refractivity contribution in [2.24, 2.45) is 0 Å². The quantitative estimate of drug-likeness (QED) is 0.683. The summed E-state index contributed by atoms with van der Waals surface area (Å²) in [5, 5.41) is 15.4. The van der Waals surface area contributed by atoms with Crippen LogP contribution in [0.4, 0.5) is 17.3 Å². The first kappa shape index (κ1) is 17.7.